The van der Waals surface area contributed by atoms with Gasteiger partial charge < -0.3 is 0 Å². The average molecular weight is 219 g/mol. The maximum atomic E-state index is 10.5. The van der Waals surface area contributed by atoms with Gasteiger partial charge in [-0.2, -0.15) is 4.99 Å². The van der Waals surface area contributed by atoms with E-state index in [9.17, 15) is 9.59 Å². The Labute approximate surface area is 74.2 Å². The van der Waals surface area contributed by atoms with Crippen molar-refractivity contribution in [2.24, 2.45) is 9.98 Å². The summed E-state index contributed by atoms with van der Waals surface area (Å²) in [6, 6.07) is 0. The zero-order chi connectivity index (χ0) is 7.56. The predicted octanol–water partition coefficient (Wildman–Crippen LogP) is 0.553. The standard InChI is InChI=1S/C6H6N2O2.BrH/c1-4(9)6-7-3-2-5(10)8-6;/h3H,2H2,1H3;1H. The quantitative estimate of drug-likeness (QED) is 0.646. The van der Waals surface area contributed by atoms with Gasteiger partial charge in [-0.1, -0.05) is 0 Å². The van der Waals surface area contributed by atoms with Crippen molar-refractivity contribution in [2.45, 2.75) is 13.3 Å². The second-order valence-corrected chi connectivity index (χ2v) is 1.90. The van der Waals surface area contributed by atoms with Gasteiger partial charge in [-0.3, -0.25) is 9.59 Å². The van der Waals surface area contributed by atoms with Gasteiger partial charge in [0.1, 0.15) is 0 Å². The fourth-order valence-corrected chi connectivity index (χ4v) is 0.572. The van der Waals surface area contributed by atoms with Crippen LogP contribution < -0.4 is 0 Å². The molecule has 0 aromatic heterocycles. The van der Waals surface area contributed by atoms with Crippen LogP contribution in [-0.4, -0.2) is 23.7 Å². The number of carbonyl (C=O) groups is 2. The molecule has 0 saturated carbocycles. The highest BCUT2D eigenvalue weighted by atomic mass is 79.9. The number of ketones is 1. The summed E-state index contributed by atoms with van der Waals surface area (Å²) in [6.07, 6.45) is 1.60. The molecule has 1 aliphatic rings. The van der Waals surface area contributed by atoms with E-state index in [4.69, 9.17) is 0 Å². The third-order valence-corrected chi connectivity index (χ3v) is 1.02. The van der Waals surface area contributed by atoms with Gasteiger partial charge >= 0.3 is 0 Å². The summed E-state index contributed by atoms with van der Waals surface area (Å²) in [7, 11) is 0. The van der Waals surface area contributed by atoms with Crippen LogP contribution in [0.25, 0.3) is 0 Å². The molecule has 0 aromatic carbocycles. The second kappa shape index (κ2) is 4.12. The molecule has 1 rings (SSSR count). The van der Waals surface area contributed by atoms with Crippen LogP contribution in [-0.2, 0) is 9.59 Å². The van der Waals surface area contributed by atoms with Gasteiger partial charge in [0.2, 0.25) is 0 Å². The van der Waals surface area contributed by atoms with Crippen molar-refractivity contribution in [1.29, 1.82) is 0 Å². The fraction of sp³-hybridized carbons (Fsp3) is 0.333. The summed E-state index contributed by atoms with van der Waals surface area (Å²) >= 11 is 0. The molecular formula is C6H7BrN2O2. The summed E-state index contributed by atoms with van der Waals surface area (Å²) < 4.78 is 0. The molecule has 0 spiro atoms. The van der Waals surface area contributed by atoms with E-state index in [1.165, 1.54) is 13.1 Å². The molecule has 1 aliphatic heterocycles. The van der Waals surface area contributed by atoms with Crippen molar-refractivity contribution < 1.29 is 9.59 Å². The molecule has 5 heteroatoms. The summed E-state index contributed by atoms with van der Waals surface area (Å²) in [5, 5.41) is 0. The first-order valence-corrected chi connectivity index (χ1v) is 2.85. The summed E-state index contributed by atoms with van der Waals surface area (Å²) in [5.74, 6) is -0.569. The van der Waals surface area contributed by atoms with Crippen LogP contribution in [0.3, 0.4) is 0 Å². The van der Waals surface area contributed by atoms with Crippen LogP contribution in [0.15, 0.2) is 9.98 Å². The Balaban J connectivity index is 0.000001000. The lowest BCUT2D eigenvalue weighted by Crippen LogP contribution is -2.14. The number of rotatable bonds is 1. The van der Waals surface area contributed by atoms with E-state index in [2.05, 4.69) is 9.98 Å². The predicted molar refractivity (Wildman–Crippen MR) is 46.6 cm³/mol. The van der Waals surface area contributed by atoms with Crippen molar-refractivity contribution in [3.05, 3.63) is 0 Å². The van der Waals surface area contributed by atoms with Gasteiger partial charge in [-0.25, -0.2) is 4.99 Å². The monoisotopic (exact) mass is 218 g/mol. The molecule has 0 saturated heterocycles. The number of hydrogen-bond acceptors (Lipinski definition) is 3. The molecule has 0 bridgehead atoms. The topological polar surface area (TPSA) is 58.9 Å². The van der Waals surface area contributed by atoms with Crippen molar-refractivity contribution in [3.8, 4) is 0 Å². The normalized spacial score (nSPS) is 15.4. The third kappa shape index (κ3) is 2.71. The minimum Gasteiger partial charge on any atom is -0.291 e. The number of Topliss-reactive ketones (excluding diaryl/α,β-unsaturated/α-hetero) is 1. The number of carbonyl (C=O) groups excluding carboxylic acids is 2. The maximum absolute atomic E-state index is 10.5. The van der Waals surface area contributed by atoms with Crippen LogP contribution in [0.2, 0.25) is 0 Å². The number of amides is 1. The largest absolute Gasteiger partial charge is 0.291 e. The Hall–Kier alpha value is -0.840. The van der Waals surface area contributed by atoms with E-state index >= 15 is 0 Å². The van der Waals surface area contributed by atoms with E-state index in [0.717, 1.165) is 0 Å². The van der Waals surface area contributed by atoms with Gasteiger partial charge in [-0.15, -0.1) is 17.0 Å². The zero-order valence-electron chi connectivity index (χ0n) is 5.90. The minimum atomic E-state index is -0.305. The molecule has 1 heterocycles. The third-order valence-electron chi connectivity index (χ3n) is 1.02. The second-order valence-electron chi connectivity index (χ2n) is 1.90. The van der Waals surface area contributed by atoms with Crippen LogP contribution in [0, 0.1) is 0 Å². The fourth-order valence-electron chi connectivity index (χ4n) is 0.572. The van der Waals surface area contributed by atoms with Crippen molar-refractivity contribution >= 4 is 40.7 Å². The average Bonchev–Trinajstić information content (AvgIpc) is 1.88. The summed E-state index contributed by atoms with van der Waals surface area (Å²) in [6.45, 7) is 1.33. The van der Waals surface area contributed by atoms with Gasteiger partial charge in [0, 0.05) is 13.1 Å². The molecule has 0 fully saturated rings. The SMILES string of the molecule is Br.CC(=O)C1=NC(=O)CC=N1. The molecule has 0 radical (unpaired) electrons. The Morgan fingerprint density at radius 2 is 2.27 bits per heavy atom. The Kier molecular flexibility index (Phi) is 3.81. The highest BCUT2D eigenvalue weighted by Crippen LogP contribution is 1.94. The maximum Gasteiger partial charge on any atom is 0.253 e. The molecule has 0 unspecified atom stereocenters. The Morgan fingerprint density at radius 1 is 1.64 bits per heavy atom. The van der Waals surface area contributed by atoms with E-state index in [0.29, 0.717) is 0 Å². The number of nitrogens with zero attached hydrogens (tertiary/aromatic N) is 2. The number of aliphatic imine (C=N–C) groups is 2. The number of amidine groups is 1. The lowest BCUT2D eigenvalue weighted by molar-refractivity contribution is -0.117. The zero-order valence-corrected chi connectivity index (χ0v) is 7.62. The van der Waals surface area contributed by atoms with E-state index in [1.54, 1.807) is 0 Å². The van der Waals surface area contributed by atoms with E-state index in [1.807, 2.05) is 0 Å². The first-order valence-electron chi connectivity index (χ1n) is 2.85. The van der Waals surface area contributed by atoms with Crippen LogP contribution in [0.4, 0.5) is 0 Å². The molecular weight excluding hydrogens is 212 g/mol. The summed E-state index contributed by atoms with van der Waals surface area (Å²) in [5.41, 5.74) is 0. The molecule has 0 atom stereocenters. The van der Waals surface area contributed by atoms with Gasteiger partial charge in [0.25, 0.3) is 5.91 Å². The highest BCUT2D eigenvalue weighted by Gasteiger charge is 2.09. The summed E-state index contributed by atoms with van der Waals surface area (Å²) in [4.78, 5) is 28.1. The van der Waals surface area contributed by atoms with Crippen LogP contribution >= 0.6 is 17.0 Å². The molecule has 0 N–H and O–H groups in total. The number of halogens is 1. The van der Waals surface area contributed by atoms with E-state index in [-0.39, 0.29) is 40.9 Å². The Morgan fingerprint density at radius 3 is 2.64 bits per heavy atom. The van der Waals surface area contributed by atoms with Crippen LogP contribution in [0.1, 0.15) is 13.3 Å². The van der Waals surface area contributed by atoms with Crippen molar-refractivity contribution in [1.82, 2.24) is 0 Å². The van der Waals surface area contributed by atoms with Crippen LogP contribution in [0.5, 0.6) is 0 Å². The molecule has 0 aliphatic carbocycles. The molecule has 1 amide bonds. The van der Waals surface area contributed by atoms with Crippen molar-refractivity contribution in [3.63, 3.8) is 0 Å². The van der Waals surface area contributed by atoms with Crippen molar-refractivity contribution in [2.75, 3.05) is 0 Å². The first-order chi connectivity index (χ1) is 4.70. The number of hydrogen-bond donors (Lipinski definition) is 0. The molecule has 60 valence electrons. The minimum absolute atomic E-state index is 0. The molecule has 11 heavy (non-hydrogen) atoms. The Bertz CT molecular complexity index is 243. The molecule has 0 aromatic rings. The van der Waals surface area contributed by atoms with Gasteiger partial charge in [0.15, 0.2) is 11.6 Å². The molecule has 4 nitrogen and oxygen atoms in total. The highest BCUT2D eigenvalue weighted by molar-refractivity contribution is 8.93. The lowest BCUT2D eigenvalue weighted by Gasteiger charge is -1.98. The van der Waals surface area contributed by atoms with Gasteiger partial charge in [0.05, 0.1) is 6.42 Å². The van der Waals surface area contributed by atoms with Gasteiger partial charge in [-0.05, 0) is 0 Å². The van der Waals surface area contributed by atoms with E-state index < -0.39 is 0 Å². The first kappa shape index (κ1) is 10.2. The smallest absolute Gasteiger partial charge is 0.253 e. The lowest BCUT2D eigenvalue weighted by atomic mass is 10.3.